The van der Waals surface area contributed by atoms with Gasteiger partial charge in [-0.25, -0.2) is 9.59 Å². The Morgan fingerprint density at radius 3 is 1.20 bits per heavy atom. The maximum absolute atomic E-state index is 13.6. The van der Waals surface area contributed by atoms with Gasteiger partial charge in [0, 0.05) is 65.4 Å². The van der Waals surface area contributed by atoms with Crippen LogP contribution in [0.3, 0.4) is 0 Å². The Kier molecular flexibility index (Phi) is 45.6. The molecule has 0 saturated carbocycles. The molecule has 0 aromatic heterocycles. The Morgan fingerprint density at radius 1 is 0.558 bits per heavy atom. The summed E-state index contributed by atoms with van der Waals surface area (Å²) in [6.45, 7) is 26.3. The Bertz CT molecular complexity index is 3220. The van der Waals surface area contributed by atoms with Crippen LogP contribution < -0.4 is 5.32 Å². The molecule has 6 aromatic rings. The van der Waals surface area contributed by atoms with Gasteiger partial charge in [-0.05, 0) is 41.5 Å². The Morgan fingerprint density at radius 2 is 0.905 bits per heavy atom. The number of rotatable bonds is 18. The topological polar surface area (TPSA) is 169 Å². The molecule has 3 amide bonds. The molecule has 2 radical (unpaired) electrons. The third-order valence-electron chi connectivity index (χ3n) is 13.2. The average Bonchev–Trinajstić information content (AvgIpc) is 0.782. The molecule has 0 saturated heterocycles. The number of ketones is 2. The van der Waals surface area contributed by atoms with Gasteiger partial charge in [0.2, 0.25) is 0 Å². The van der Waals surface area contributed by atoms with Crippen molar-refractivity contribution in [2.24, 2.45) is 0 Å². The Labute approximate surface area is 638 Å². The van der Waals surface area contributed by atoms with E-state index in [2.05, 4.69) is 37.6 Å². The largest absolute Gasteiger partial charge is 0.184 e. The van der Waals surface area contributed by atoms with Gasteiger partial charge in [-0.1, -0.05) is 35.1 Å². The summed E-state index contributed by atoms with van der Waals surface area (Å²) in [6, 6.07) is 49.1. The van der Waals surface area contributed by atoms with Crippen molar-refractivity contribution in [2.75, 3.05) is 26.2 Å². The van der Waals surface area contributed by atoms with Crippen LogP contribution >= 0.6 is 0 Å². The first kappa shape index (κ1) is 92.1. The van der Waals surface area contributed by atoms with Crippen molar-refractivity contribution in [3.63, 3.8) is 0 Å². The van der Waals surface area contributed by atoms with E-state index in [4.69, 9.17) is 14.2 Å². The standard InChI is InChI=1S/C32H38N2O6.C27H30N2O4.2C6H5.2C2H6.CH4.FH.2W.2Y/c1-31(2,3)39-29(37)24-15-13-22(14-16-24)20-27(36)28-26-12-8-10-23(25(26)17-19-34(28)21-35)11-9-18-33(7)30(38)40-32(4,5)6;1-27(2,3)33-26(32)21-12-10-19(11-13-21)17-24(31)25-23-9-5-7-20(8-6-15-28-4)22(23)14-16-29(25)18-30;2*1-2-4-6-5-3-1;2*1-2;;;;;;/h8,10,12-16,28H,7,9,17-20H2,1-6H3;5,7,9-13,25,28H,4,6,14-17H2,1-3H3;2*1-5H;2*1-2H3;1H4;1H;;;;/q2*-2;2*-1;;;;;;;;. The van der Waals surface area contributed by atoms with Crippen LogP contribution in [0.2, 0.25) is 0 Å². The van der Waals surface area contributed by atoms with Gasteiger partial charge in [0.1, 0.15) is 11.2 Å². The van der Waals surface area contributed by atoms with Crippen LogP contribution in [-0.2, 0) is 163 Å². The third-order valence-corrected chi connectivity index (χ3v) is 16.3. The van der Waals surface area contributed by atoms with Crippen molar-refractivity contribution in [2.45, 2.75) is 165 Å². The molecule has 1 N–H and O–H groups in total. The summed E-state index contributed by atoms with van der Waals surface area (Å²) in [5.41, 5.74) is 6.66. The van der Waals surface area contributed by atoms with E-state index < -0.39 is 46.9 Å². The molecule has 2 aliphatic rings. The smallest absolute Gasteiger partial charge is 0 e. The number of benzene rings is 6. The maximum atomic E-state index is 13.6. The molecule has 0 fully saturated rings. The molecule has 510 valence electrons. The van der Waals surface area contributed by atoms with Gasteiger partial charge in [-0.15, -0.1) is 0 Å². The number of carbonyl (C=O) groups is 5. The Balaban J connectivity index is 0. The monoisotopic (exact) mass is 1790 g/mol. The van der Waals surface area contributed by atoms with Gasteiger partial charge in [-0.3, -0.25) is 4.70 Å². The molecular formula is C76H95FN4O10W2Y2-6. The molecule has 14 nitrogen and oxygen atoms in total. The number of nitrogens with one attached hydrogen (secondary N) is 1. The first-order valence-electron chi connectivity index (χ1n) is 30.7. The summed E-state index contributed by atoms with van der Waals surface area (Å²) in [5.74, 6) is -1.03. The molecular weight excluding hydrogens is 1690 g/mol. The zero-order valence-corrected chi connectivity index (χ0v) is 68.3. The van der Waals surface area contributed by atoms with E-state index >= 15 is 0 Å². The molecule has 0 aliphatic carbocycles. The molecule has 2 heterocycles. The maximum Gasteiger partial charge on any atom is 0 e. The number of carbonyl (C=O) groups excluding carboxylic acids is 7. The van der Waals surface area contributed by atoms with E-state index in [0.717, 1.165) is 55.8 Å². The van der Waals surface area contributed by atoms with Crippen molar-refractivity contribution < 1.29 is 157 Å². The normalized spacial score (nSPS) is 13.1. The second-order valence-corrected chi connectivity index (χ2v) is 27.1. The van der Waals surface area contributed by atoms with E-state index in [9.17, 15) is 33.6 Å². The number of hydrogen-bond donors (Lipinski definition) is 1. The molecule has 0 spiro atoms. The average molecular weight is 1790 g/mol. The van der Waals surface area contributed by atoms with Crippen molar-refractivity contribution in [3.05, 3.63) is 227 Å². The number of hydrogen-bond acceptors (Lipinski definition) is 11. The molecule has 6 aromatic carbocycles. The fraction of sp³-hybridized carbons (Fsp3) is 0.382. The minimum absolute atomic E-state index is 0. The minimum atomic E-state index is -0.754. The van der Waals surface area contributed by atoms with E-state index in [-0.39, 0.29) is 102 Å². The predicted molar refractivity (Wildman–Crippen MR) is 363 cm³/mol. The van der Waals surface area contributed by atoms with Crippen LogP contribution in [0.5, 0.6) is 0 Å². The number of nitrogens with zero attached hydrogens (tertiary/aromatic N) is 3. The molecule has 95 heavy (non-hydrogen) atoms. The van der Waals surface area contributed by atoms with E-state index in [1.807, 2.05) is 194 Å². The van der Waals surface area contributed by atoms with E-state index in [0.29, 0.717) is 50.0 Å². The molecule has 2 unspecified atom stereocenters. The van der Waals surface area contributed by atoms with Crippen molar-refractivity contribution in [1.82, 2.24) is 20.0 Å². The summed E-state index contributed by atoms with van der Waals surface area (Å²) in [6.07, 6.45) is 6.51. The number of amides is 3. The fourth-order valence-corrected chi connectivity index (χ4v) is 11.4. The Hall–Kier alpha value is -4.98. The molecule has 19 heteroatoms. The third kappa shape index (κ3) is 32.1. The van der Waals surface area contributed by atoms with Gasteiger partial charge in [-0.2, -0.15) is 72.8 Å². The van der Waals surface area contributed by atoms with E-state index in [1.165, 1.54) is 62.9 Å². The number of halogens is 1. The number of esters is 2. The fourth-order valence-electron chi connectivity index (χ4n) is 9.35. The van der Waals surface area contributed by atoms with Crippen molar-refractivity contribution in [1.29, 1.82) is 0 Å². The van der Waals surface area contributed by atoms with E-state index in [1.54, 1.807) is 48.5 Å². The number of fused-ring (bicyclic) bond motifs is 2. The zero-order valence-electron chi connectivity index (χ0n) is 56.8. The van der Waals surface area contributed by atoms with Crippen molar-refractivity contribution in [3.8, 4) is 0 Å². The zero-order chi connectivity index (χ0) is 67.9. The summed E-state index contributed by atoms with van der Waals surface area (Å²) in [4.78, 5) is 91.8. The predicted octanol–water partition coefficient (Wildman–Crippen LogP) is 14.0. The molecule has 0 bridgehead atoms. The van der Waals surface area contributed by atoms with Crippen LogP contribution in [0.15, 0.2) is 146 Å². The molecule has 2 aliphatic heterocycles. The summed E-state index contributed by atoms with van der Waals surface area (Å²) >= 11 is 2.64. The van der Waals surface area contributed by atoms with Crippen LogP contribution in [0, 0.1) is 26.2 Å². The van der Waals surface area contributed by atoms with Gasteiger partial charge in [0.15, 0.2) is 0 Å². The second kappa shape index (κ2) is 47.1. The van der Waals surface area contributed by atoms with Gasteiger partial charge in [0.05, 0.1) is 0 Å². The van der Waals surface area contributed by atoms with Gasteiger partial charge >= 0.3 is 395 Å². The first-order chi connectivity index (χ1) is 43.2. The quantitative estimate of drug-likeness (QED) is 0.0494. The summed E-state index contributed by atoms with van der Waals surface area (Å²) < 4.78 is 18.6. The second-order valence-electron chi connectivity index (χ2n) is 23.5. The number of Topliss-reactive ketones (excluding diaryl/α,β-unsaturated/α-hetero) is 2. The summed E-state index contributed by atoms with van der Waals surface area (Å²) in [5, 5.41) is 2.94. The van der Waals surface area contributed by atoms with Crippen LogP contribution in [0.25, 0.3) is 0 Å². The van der Waals surface area contributed by atoms with Crippen molar-refractivity contribution >= 4 is 50.2 Å². The number of ether oxygens (including phenoxy) is 3. The molecule has 8 rings (SSSR count). The van der Waals surface area contributed by atoms with Gasteiger partial charge in [0.25, 0.3) is 0 Å². The first-order valence-corrected chi connectivity index (χ1v) is 33.6. The SMILES string of the molecule is C.CC.CC.F.[CH2-]N(CC[C](=[W])c1cccc2c1CCN([C-]=O)C2C(=O)Cc1ccc(C(=O)OC(C)(C)C)cc1)C(=O)OC(C)(C)C.[CH2-]NCC[C](=[W])c1cccc2c1CCN([C-]=O)C2C(=O)Cc1ccc(C(=O)OC(C)(C)C)cc1.[Y].[Y].[c-]1ccccc1.[c-]1ccccc1. The minimum Gasteiger partial charge on any atom is -0.184 e. The van der Waals surface area contributed by atoms with Crippen LogP contribution in [-0.4, -0.2) is 108 Å². The van der Waals surface area contributed by atoms with Gasteiger partial charge < -0.3 is 9.47 Å². The summed E-state index contributed by atoms with van der Waals surface area (Å²) in [7, 11) is 7.53. The van der Waals surface area contributed by atoms with Crippen LogP contribution in [0.4, 0.5) is 9.50 Å². The van der Waals surface area contributed by atoms with Crippen LogP contribution in [0.1, 0.15) is 188 Å². The molecule has 2 atom stereocenters.